The maximum Gasteiger partial charge on any atom is 0.225 e. The molecule has 0 spiro atoms. The molecule has 2 heterocycles. The van der Waals surface area contributed by atoms with Crippen LogP contribution in [0.5, 0.6) is 0 Å². The van der Waals surface area contributed by atoms with Crippen LogP contribution in [0.3, 0.4) is 0 Å². The van der Waals surface area contributed by atoms with Gasteiger partial charge >= 0.3 is 0 Å². The van der Waals surface area contributed by atoms with Gasteiger partial charge in [0.05, 0.1) is 5.39 Å². The second-order valence-corrected chi connectivity index (χ2v) is 5.53. The van der Waals surface area contributed by atoms with E-state index in [1.54, 1.807) is 0 Å². The summed E-state index contributed by atoms with van der Waals surface area (Å²) in [5.74, 6) is 0. The Morgan fingerprint density at radius 1 is 1.06 bits per heavy atom. The molecule has 3 aromatic rings. The van der Waals surface area contributed by atoms with Gasteiger partial charge in [-0.3, -0.25) is 0 Å². The van der Waals surface area contributed by atoms with Crippen LogP contribution in [0, 0.1) is 6.92 Å². The molecule has 0 atom stereocenters. The Bertz CT molecular complexity index is 720. The van der Waals surface area contributed by atoms with E-state index in [9.17, 15) is 0 Å². The van der Waals surface area contributed by atoms with Crippen molar-refractivity contribution in [1.82, 2.24) is 9.97 Å². The lowest BCUT2D eigenvalue weighted by molar-refractivity contribution is 1.23. The molecule has 2 aromatic heterocycles. The third-order valence-electron chi connectivity index (χ3n) is 2.72. The van der Waals surface area contributed by atoms with Gasteiger partial charge in [0.15, 0.2) is 0 Å². The predicted octanol–water partition coefficient (Wildman–Crippen LogP) is 4.97. The van der Waals surface area contributed by atoms with Crippen molar-refractivity contribution in [3.8, 4) is 11.1 Å². The van der Waals surface area contributed by atoms with E-state index in [0.717, 1.165) is 21.3 Å². The van der Waals surface area contributed by atoms with E-state index in [4.69, 9.17) is 23.2 Å². The largest absolute Gasteiger partial charge is 0.225 e. The molecule has 0 saturated carbocycles. The van der Waals surface area contributed by atoms with Gasteiger partial charge in [-0.15, -0.1) is 11.3 Å². The lowest BCUT2D eigenvalue weighted by Crippen LogP contribution is -1.84. The van der Waals surface area contributed by atoms with Crippen molar-refractivity contribution >= 4 is 44.8 Å². The van der Waals surface area contributed by atoms with Crippen molar-refractivity contribution in [2.45, 2.75) is 6.92 Å². The van der Waals surface area contributed by atoms with E-state index in [2.05, 4.69) is 41.2 Å². The number of benzene rings is 1. The lowest BCUT2D eigenvalue weighted by Gasteiger charge is -2.02. The summed E-state index contributed by atoms with van der Waals surface area (Å²) in [6, 6.07) is 8.29. The van der Waals surface area contributed by atoms with Crippen molar-refractivity contribution in [1.29, 1.82) is 0 Å². The topological polar surface area (TPSA) is 25.8 Å². The number of aromatic nitrogens is 2. The van der Waals surface area contributed by atoms with E-state index < -0.39 is 0 Å². The third-order valence-corrected chi connectivity index (χ3v) is 4.04. The zero-order chi connectivity index (χ0) is 12.7. The molecule has 0 saturated heterocycles. The summed E-state index contributed by atoms with van der Waals surface area (Å²) in [6.45, 7) is 2.06. The molecule has 1 aromatic carbocycles. The highest BCUT2D eigenvalue weighted by molar-refractivity contribution is 7.17. The van der Waals surface area contributed by atoms with Crippen molar-refractivity contribution in [3.63, 3.8) is 0 Å². The zero-order valence-corrected chi connectivity index (χ0v) is 11.8. The highest BCUT2D eigenvalue weighted by Gasteiger charge is 2.13. The van der Waals surface area contributed by atoms with Crippen LogP contribution in [-0.4, -0.2) is 9.97 Å². The second kappa shape index (κ2) is 4.50. The molecule has 0 aliphatic rings. The highest BCUT2D eigenvalue weighted by atomic mass is 35.5. The van der Waals surface area contributed by atoms with E-state index in [-0.39, 0.29) is 5.28 Å². The number of hydrogen-bond acceptors (Lipinski definition) is 3. The number of nitrogens with zero attached hydrogens (tertiary/aromatic N) is 2. The summed E-state index contributed by atoms with van der Waals surface area (Å²) >= 11 is 13.5. The summed E-state index contributed by atoms with van der Waals surface area (Å²) < 4.78 is 0. The Balaban J connectivity index is 2.27. The van der Waals surface area contributed by atoms with Crippen LogP contribution in [0.15, 0.2) is 29.6 Å². The number of aryl methyl sites for hydroxylation is 1. The molecular formula is C13H8Cl2N2S. The molecule has 2 nitrogen and oxygen atoms in total. The maximum atomic E-state index is 6.16. The molecule has 90 valence electrons. The average molecular weight is 295 g/mol. The molecule has 0 amide bonds. The van der Waals surface area contributed by atoms with Crippen molar-refractivity contribution in [2.75, 3.05) is 0 Å². The molecular weight excluding hydrogens is 287 g/mol. The van der Waals surface area contributed by atoms with Gasteiger partial charge in [-0.05, 0) is 24.1 Å². The summed E-state index contributed by atoms with van der Waals surface area (Å²) in [4.78, 5) is 9.01. The number of fused-ring (bicyclic) bond motifs is 1. The molecule has 0 N–H and O–H groups in total. The van der Waals surface area contributed by atoms with Crippen molar-refractivity contribution in [2.24, 2.45) is 0 Å². The quantitative estimate of drug-likeness (QED) is 0.467. The van der Waals surface area contributed by atoms with Crippen LogP contribution in [0.2, 0.25) is 10.4 Å². The van der Waals surface area contributed by atoms with Crippen LogP contribution in [-0.2, 0) is 0 Å². The second-order valence-electron chi connectivity index (χ2n) is 3.98. The predicted molar refractivity (Wildman–Crippen MR) is 77.6 cm³/mol. The number of halogens is 2. The first kappa shape index (κ1) is 11.9. The van der Waals surface area contributed by atoms with Gasteiger partial charge in [0, 0.05) is 10.9 Å². The van der Waals surface area contributed by atoms with Crippen LogP contribution < -0.4 is 0 Å². The first-order valence-electron chi connectivity index (χ1n) is 5.32. The molecule has 0 bridgehead atoms. The maximum absolute atomic E-state index is 6.16. The minimum atomic E-state index is 0.185. The van der Waals surface area contributed by atoms with Crippen LogP contribution in [0.25, 0.3) is 21.3 Å². The van der Waals surface area contributed by atoms with Gasteiger partial charge in [-0.25, -0.2) is 9.97 Å². The average Bonchev–Trinajstić information content (AvgIpc) is 2.74. The molecule has 0 fully saturated rings. The Hall–Kier alpha value is -1.16. The normalized spacial score (nSPS) is 11.1. The number of thiophene rings is 1. The Morgan fingerprint density at radius 3 is 2.50 bits per heavy atom. The molecule has 0 aliphatic heterocycles. The molecule has 18 heavy (non-hydrogen) atoms. The first-order chi connectivity index (χ1) is 8.65. The van der Waals surface area contributed by atoms with Gasteiger partial charge in [0.2, 0.25) is 5.28 Å². The SMILES string of the molecule is Cc1ccc(-c2csc3nc(Cl)nc(Cl)c23)cc1. The monoisotopic (exact) mass is 294 g/mol. The molecule has 3 rings (SSSR count). The van der Waals surface area contributed by atoms with E-state index in [1.165, 1.54) is 16.9 Å². The van der Waals surface area contributed by atoms with Gasteiger partial charge in [0.1, 0.15) is 9.98 Å². The van der Waals surface area contributed by atoms with Gasteiger partial charge < -0.3 is 0 Å². The zero-order valence-electron chi connectivity index (χ0n) is 9.45. The fourth-order valence-electron chi connectivity index (χ4n) is 1.82. The van der Waals surface area contributed by atoms with Gasteiger partial charge in [-0.2, -0.15) is 0 Å². The molecule has 0 unspecified atom stereocenters. The minimum absolute atomic E-state index is 0.185. The van der Waals surface area contributed by atoms with E-state index >= 15 is 0 Å². The van der Waals surface area contributed by atoms with Crippen LogP contribution >= 0.6 is 34.5 Å². The van der Waals surface area contributed by atoms with E-state index in [0.29, 0.717) is 5.15 Å². The summed E-state index contributed by atoms with van der Waals surface area (Å²) in [7, 11) is 0. The molecule has 0 radical (unpaired) electrons. The smallest absolute Gasteiger partial charge is 0.207 e. The third kappa shape index (κ3) is 1.99. The van der Waals surface area contributed by atoms with Gasteiger partial charge in [-0.1, -0.05) is 41.4 Å². The summed E-state index contributed by atoms with van der Waals surface area (Å²) in [5, 5.41) is 3.49. The Kier molecular flexibility index (Phi) is 2.98. The number of hydrogen-bond donors (Lipinski definition) is 0. The first-order valence-corrected chi connectivity index (χ1v) is 6.96. The van der Waals surface area contributed by atoms with E-state index in [1.807, 2.05) is 5.38 Å². The van der Waals surface area contributed by atoms with Crippen molar-refractivity contribution in [3.05, 3.63) is 45.6 Å². The fraction of sp³-hybridized carbons (Fsp3) is 0.0769. The van der Waals surface area contributed by atoms with Crippen molar-refractivity contribution < 1.29 is 0 Å². The highest BCUT2D eigenvalue weighted by Crippen LogP contribution is 2.37. The minimum Gasteiger partial charge on any atom is -0.207 e. The molecule has 0 aliphatic carbocycles. The van der Waals surface area contributed by atoms with Crippen LogP contribution in [0.4, 0.5) is 0 Å². The number of rotatable bonds is 1. The summed E-state index contributed by atoms with van der Waals surface area (Å²) in [5.41, 5.74) is 3.39. The standard InChI is InChI=1S/C13H8Cl2N2S/c1-7-2-4-8(5-3-7)9-6-18-12-10(9)11(14)16-13(15)17-12/h2-6H,1H3. The molecule has 5 heteroatoms. The Morgan fingerprint density at radius 2 is 1.78 bits per heavy atom. The van der Waals surface area contributed by atoms with Crippen LogP contribution in [0.1, 0.15) is 5.56 Å². The lowest BCUT2D eigenvalue weighted by atomic mass is 10.1. The Labute approximate surface area is 118 Å². The fourth-order valence-corrected chi connectivity index (χ4v) is 3.36. The summed E-state index contributed by atoms with van der Waals surface area (Å²) in [6.07, 6.45) is 0. The van der Waals surface area contributed by atoms with Gasteiger partial charge in [0.25, 0.3) is 0 Å².